The minimum Gasteiger partial charge on any atom is -0.335 e. The number of pyridine rings is 1. The number of nitrogens with two attached hydrogens (primary N) is 1. The molecule has 0 atom stereocenters. The third-order valence-electron chi connectivity index (χ3n) is 4.42. The molecule has 4 rings (SSSR count). The molecule has 0 aliphatic rings. The molecule has 116 valence electrons. The first-order chi connectivity index (χ1) is 11.1. The molecule has 2 heterocycles. The summed E-state index contributed by atoms with van der Waals surface area (Å²) < 4.78 is 3.71. The van der Waals surface area contributed by atoms with E-state index in [9.17, 15) is 4.79 Å². The normalized spacial score (nSPS) is 11.8. The molecule has 4 aromatic rings. The van der Waals surface area contributed by atoms with Gasteiger partial charge in [0.15, 0.2) is 0 Å². The second-order valence-electron chi connectivity index (χ2n) is 5.71. The molecule has 0 amide bonds. The van der Waals surface area contributed by atoms with Gasteiger partial charge in [-0.2, -0.15) is 0 Å². The topological polar surface area (TPSA) is 53.0 Å². The van der Waals surface area contributed by atoms with E-state index in [1.165, 1.54) is 0 Å². The Balaban J connectivity index is 2.40. The van der Waals surface area contributed by atoms with Gasteiger partial charge in [-0.1, -0.05) is 29.8 Å². The molecule has 0 saturated heterocycles. The van der Waals surface area contributed by atoms with Gasteiger partial charge < -0.3 is 14.9 Å². The number of rotatable bonds is 2. The lowest BCUT2D eigenvalue weighted by Crippen LogP contribution is -2.21. The van der Waals surface area contributed by atoms with Crippen molar-refractivity contribution in [3.8, 4) is 0 Å². The van der Waals surface area contributed by atoms with Gasteiger partial charge in [0.05, 0.1) is 5.52 Å². The van der Waals surface area contributed by atoms with E-state index >= 15 is 0 Å². The number of benzene rings is 2. The SMILES string of the molecule is Cn1c(=O)c2c(c3ccccc31)c1cc(Cl)ccc1n2CCN. The molecule has 2 aromatic carbocycles. The number of para-hydroxylation sites is 1. The molecule has 0 fully saturated rings. The summed E-state index contributed by atoms with van der Waals surface area (Å²) in [6, 6.07) is 13.7. The second kappa shape index (κ2) is 5.11. The van der Waals surface area contributed by atoms with Gasteiger partial charge in [0.1, 0.15) is 5.52 Å². The van der Waals surface area contributed by atoms with Crippen LogP contribution in [0.2, 0.25) is 5.02 Å². The third kappa shape index (κ3) is 1.92. The number of aryl methyl sites for hydroxylation is 1. The minimum absolute atomic E-state index is 0.0144. The molecular weight excluding hydrogens is 310 g/mol. The van der Waals surface area contributed by atoms with Crippen LogP contribution < -0.4 is 11.3 Å². The fourth-order valence-electron chi connectivity index (χ4n) is 3.43. The van der Waals surface area contributed by atoms with Gasteiger partial charge in [-0.3, -0.25) is 4.79 Å². The zero-order valence-corrected chi connectivity index (χ0v) is 13.5. The largest absolute Gasteiger partial charge is 0.335 e. The third-order valence-corrected chi connectivity index (χ3v) is 4.66. The molecular formula is C18H16ClN3O. The fourth-order valence-corrected chi connectivity index (χ4v) is 3.60. The van der Waals surface area contributed by atoms with Crippen LogP contribution in [0.3, 0.4) is 0 Å². The van der Waals surface area contributed by atoms with Crippen LogP contribution in [0.1, 0.15) is 0 Å². The van der Waals surface area contributed by atoms with Crippen molar-refractivity contribution in [3.63, 3.8) is 0 Å². The standard InChI is InChI=1S/C18H16ClN3O/c1-21-14-5-3-2-4-12(14)16-13-10-11(19)6-7-15(13)22(9-8-20)17(16)18(21)23/h2-7,10H,8-9,20H2,1H3. The molecule has 2 N–H and O–H groups in total. The Hall–Kier alpha value is -2.30. The second-order valence-corrected chi connectivity index (χ2v) is 6.14. The lowest BCUT2D eigenvalue weighted by molar-refractivity contribution is 0.750. The summed E-state index contributed by atoms with van der Waals surface area (Å²) in [5.74, 6) is 0. The zero-order valence-electron chi connectivity index (χ0n) is 12.7. The van der Waals surface area contributed by atoms with Crippen molar-refractivity contribution in [3.05, 3.63) is 57.8 Å². The van der Waals surface area contributed by atoms with E-state index < -0.39 is 0 Å². The Kier molecular flexibility index (Phi) is 3.18. The van der Waals surface area contributed by atoms with Gasteiger partial charge in [0.25, 0.3) is 5.56 Å². The van der Waals surface area contributed by atoms with Crippen LogP contribution in [-0.4, -0.2) is 15.7 Å². The monoisotopic (exact) mass is 325 g/mol. The number of hydrogen-bond acceptors (Lipinski definition) is 2. The van der Waals surface area contributed by atoms with Crippen LogP contribution in [0.15, 0.2) is 47.3 Å². The number of nitrogens with zero attached hydrogens (tertiary/aromatic N) is 2. The highest BCUT2D eigenvalue weighted by Gasteiger charge is 2.18. The van der Waals surface area contributed by atoms with Crippen molar-refractivity contribution in [2.45, 2.75) is 6.54 Å². The van der Waals surface area contributed by atoms with Crippen LogP contribution in [-0.2, 0) is 13.6 Å². The van der Waals surface area contributed by atoms with E-state index in [-0.39, 0.29) is 5.56 Å². The van der Waals surface area contributed by atoms with Crippen LogP contribution in [0.4, 0.5) is 0 Å². The lowest BCUT2D eigenvalue weighted by Gasteiger charge is -2.09. The van der Waals surface area contributed by atoms with E-state index in [1.54, 1.807) is 4.57 Å². The van der Waals surface area contributed by atoms with Gasteiger partial charge in [-0.25, -0.2) is 0 Å². The summed E-state index contributed by atoms with van der Waals surface area (Å²) in [5, 5.41) is 3.66. The van der Waals surface area contributed by atoms with E-state index in [1.807, 2.05) is 54.1 Å². The molecule has 0 unspecified atom stereocenters. The molecule has 5 heteroatoms. The molecule has 0 aliphatic heterocycles. The molecule has 23 heavy (non-hydrogen) atoms. The average Bonchev–Trinajstić information content (AvgIpc) is 2.87. The smallest absolute Gasteiger partial charge is 0.275 e. The molecule has 0 bridgehead atoms. The lowest BCUT2D eigenvalue weighted by atomic mass is 10.1. The van der Waals surface area contributed by atoms with Crippen LogP contribution in [0.5, 0.6) is 0 Å². The zero-order chi connectivity index (χ0) is 16.1. The van der Waals surface area contributed by atoms with Gasteiger partial charge in [-0.05, 0) is 24.3 Å². The Labute approximate surface area is 137 Å². The van der Waals surface area contributed by atoms with Crippen molar-refractivity contribution >= 4 is 44.3 Å². The minimum atomic E-state index is -0.0144. The van der Waals surface area contributed by atoms with Gasteiger partial charge in [0.2, 0.25) is 0 Å². The Morgan fingerprint density at radius 1 is 1.09 bits per heavy atom. The van der Waals surface area contributed by atoms with Crippen molar-refractivity contribution < 1.29 is 0 Å². The van der Waals surface area contributed by atoms with Crippen molar-refractivity contribution in [1.29, 1.82) is 0 Å². The van der Waals surface area contributed by atoms with E-state index in [0.717, 1.165) is 27.2 Å². The Morgan fingerprint density at radius 3 is 2.65 bits per heavy atom. The number of hydrogen-bond donors (Lipinski definition) is 1. The molecule has 4 nitrogen and oxygen atoms in total. The van der Waals surface area contributed by atoms with E-state index in [4.69, 9.17) is 17.3 Å². The van der Waals surface area contributed by atoms with Crippen molar-refractivity contribution in [1.82, 2.24) is 9.13 Å². The molecule has 0 radical (unpaired) electrons. The average molecular weight is 326 g/mol. The quantitative estimate of drug-likeness (QED) is 0.615. The Bertz CT molecular complexity index is 1120. The molecule has 0 spiro atoms. The van der Waals surface area contributed by atoms with E-state index in [0.29, 0.717) is 23.6 Å². The maximum absolute atomic E-state index is 13.0. The summed E-state index contributed by atoms with van der Waals surface area (Å²) in [6.45, 7) is 1.06. The summed E-state index contributed by atoms with van der Waals surface area (Å²) in [4.78, 5) is 13.0. The van der Waals surface area contributed by atoms with Gasteiger partial charge in [-0.15, -0.1) is 0 Å². The number of halogens is 1. The first kappa shape index (κ1) is 14.3. The summed E-state index contributed by atoms with van der Waals surface area (Å²) >= 11 is 6.21. The van der Waals surface area contributed by atoms with Crippen molar-refractivity contribution in [2.75, 3.05) is 6.54 Å². The maximum atomic E-state index is 13.0. The summed E-state index contributed by atoms with van der Waals surface area (Å²) in [7, 11) is 1.81. The number of aromatic nitrogens is 2. The molecule has 0 aliphatic carbocycles. The first-order valence-corrected chi connectivity index (χ1v) is 7.90. The summed E-state index contributed by atoms with van der Waals surface area (Å²) in [5.41, 5.74) is 8.35. The highest BCUT2D eigenvalue weighted by Crippen LogP contribution is 2.34. The predicted molar refractivity (Wildman–Crippen MR) is 96.3 cm³/mol. The van der Waals surface area contributed by atoms with Crippen LogP contribution in [0, 0.1) is 0 Å². The highest BCUT2D eigenvalue weighted by atomic mass is 35.5. The Morgan fingerprint density at radius 2 is 1.87 bits per heavy atom. The van der Waals surface area contributed by atoms with E-state index in [2.05, 4.69) is 0 Å². The highest BCUT2D eigenvalue weighted by molar-refractivity contribution is 6.32. The maximum Gasteiger partial charge on any atom is 0.275 e. The van der Waals surface area contributed by atoms with Gasteiger partial charge >= 0.3 is 0 Å². The molecule has 2 aromatic heterocycles. The fraction of sp³-hybridized carbons (Fsp3) is 0.167. The summed E-state index contributed by atoms with van der Waals surface area (Å²) in [6.07, 6.45) is 0. The van der Waals surface area contributed by atoms with Gasteiger partial charge in [0, 0.05) is 46.8 Å². The number of fused-ring (bicyclic) bond motifs is 5. The predicted octanol–water partition coefficient (Wildman–Crippen LogP) is 3.26. The van der Waals surface area contributed by atoms with Crippen molar-refractivity contribution in [2.24, 2.45) is 12.8 Å². The van der Waals surface area contributed by atoms with Crippen LogP contribution >= 0.6 is 11.6 Å². The molecule has 0 saturated carbocycles. The van der Waals surface area contributed by atoms with Crippen LogP contribution in [0.25, 0.3) is 32.7 Å². The first-order valence-electron chi connectivity index (χ1n) is 7.52.